The van der Waals surface area contributed by atoms with Crippen LogP contribution in [0.2, 0.25) is 0 Å². The quantitative estimate of drug-likeness (QED) is 0.909. The molecule has 0 aliphatic rings. The first-order valence-electron chi connectivity index (χ1n) is 6.20. The zero-order chi connectivity index (χ0) is 13.7. The van der Waals surface area contributed by atoms with Crippen LogP contribution in [-0.2, 0) is 0 Å². The van der Waals surface area contributed by atoms with Crippen LogP contribution in [0, 0.1) is 0 Å². The van der Waals surface area contributed by atoms with Crippen LogP contribution in [0.4, 0.5) is 0 Å². The van der Waals surface area contributed by atoms with Crippen molar-refractivity contribution in [2.45, 2.75) is 6.04 Å². The third kappa shape index (κ3) is 3.66. The summed E-state index contributed by atoms with van der Waals surface area (Å²) >= 11 is 1.53. The summed E-state index contributed by atoms with van der Waals surface area (Å²) in [6, 6.07) is 12.2. The SMILES string of the molecule is CN(C)[C@H](CNC(=O)c1ccsc1)c1ccccc1. The molecule has 2 aromatic rings. The van der Waals surface area contributed by atoms with E-state index < -0.39 is 0 Å². The Balaban J connectivity index is 2.01. The minimum Gasteiger partial charge on any atom is -0.350 e. The van der Waals surface area contributed by atoms with Gasteiger partial charge in [-0.05, 0) is 31.1 Å². The normalized spacial score (nSPS) is 12.4. The summed E-state index contributed by atoms with van der Waals surface area (Å²) in [6.45, 7) is 0.603. The summed E-state index contributed by atoms with van der Waals surface area (Å²) in [4.78, 5) is 14.1. The molecule has 0 saturated heterocycles. The number of nitrogens with zero attached hydrogens (tertiary/aromatic N) is 1. The molecule has 1 N–H and O–H groups in total. The maximum atomic E-state index is 11.9. The molecule has 19 heavy (non-hydrogen) atoms. The standard InChI is InChI=1S/C15H18N2OS/c1-17(2)14(12-6-4-3-5-7-12)10-16-15(18)13-8-9-19-11-13/h3-9,11,14H,10H2,1-2H3,(H,16,18)/t14-/m1/s1. The minimum absolute atomic E-state index is 0.0102. The van der Waals surface area contributed by atoms with Crippen molar-refractivity contribution in [1.82, 2.24) is 10.2 Å². The number of benzene rings is 1. The topological polar surface area (TPSA) is 32.3 Å². The van der Waals surface area contributed by atoms with E-state index >= 15 is 0 Å². The van der Waals surface area contributed by atoms with Crippen LogP contribution >= 0.6 is 11.3 Å². The molecule has 0 radical (unpaired) electrons. The van der Waals surface area contributed by atoms with E-state index in [0.29, 0.717) is 6.54 Å². The molecule has 0 aliphatic carbocycles. The predicted molar refractivity (Wildman–Crippen MR) is 79.5 cm³/mol. The van der Waals surface area contributed by atoms with E-state index in [1.54, 1.807) is 0 Å². The second-order valence-corrected chi connectivity index (χ2v) is 5.39. The molecule has 0 aliphatic heterocycles. The highest BCUT2D eigenvalue weighted by Crippen LogP contribution is 2.17. The third-order valence-electron chi connectivity index (χ3n) is 3.05. The van der Waals surface area contributed by atoms with Gasteiger partial charge in [0.15, 0.2) is 0 Å². The van der Waals surface area contributed by atoms with Crippen molar-refractivity contribution < 1.29 is 4.79 Å². The predicted octanol–water partition coefficient (Wildman–Crippen LogP) is 2.78. The van der Waals surface area contributed by atoms with Crippen molar-refractivity contribution in [3.63, 3.8) is 0 Å². The van der Waals surface area contributed by atoms with Crippen molar-refractivity contribution in [2.24, 2.45) is 0 Å². The molecule has 0 saturated carbocycles. The van der Waals surface area contributed by atoms with Crippen LogP contribution in [0.3, 0.4) is 0 Å². The van der Waals surface area contributed by atoms with Gasteiger partial charge in [-0.15, -0.1) is 0 Å². The Kier molecular flexibility index (Phi) is 4.71. The fourth-order valence-corrected chi connectivity index (χ4v) is 2.59. The molecular weight excluding hydrogens is 256 g/mol. The summed E-state index contributed by atoms with van der Waals surface area (Å²) in [7, 11) is 4.04. The highest BCUT2D eigenvalue weighted by molar-refractivity contribution is 7.08. The number of hydrogen-bond acceptors (Lipinski definition) is 3. The summed E-state index contributed by atoms with van der Waals surface area (Å²) < 4.78 is 0. The van der Waals surface area contributed by atoms with Gasteiger partial charge in [0.1, 0.15) is 0 Å². The fourth-order valence-electron chi connectivity index (χ4n) is 1.96. The van der Waals surface area contributed by atoms with Crippen LogP contribution in [0.15, 0.2) is 47.2 Å². The van der Waals surface area contributed by atoms with Crippen molar-refractivity contribution in [2.75, 3.05) is 20.6 Å². The summed E-state index contributed by atoms with van der Waals surface area (Å²) in [6.07, 6.45) is 0. The highest BCUT2D eigenvalue weighted by atomic mass is 32.1. The largest absolute Gasteiger partial charge is 0.350 e. The van der Waals surface area contributed by atoms with Gasteiger partial charge in [-0.2, -0.15) is 11.3 Å². The lowest BCUT2D eigenvalue weighted by Crippen LogP contribution is -2.34. The average molecular weight is 274 g/mol. The molecule has 0 bridgehead atoms. The monoisotopic (exact) mass is 274 g/mol. The lowest BCUT2D eigenvalue weighted by atomic mass is 10.1. The first-order valence-corrected chi connectivity index (χ1v) is 7.14. The van der Waals surface area contributed by atoms with Crippen LogP contribution in [0.5, 0.6) is 0 Å². The van der Waals surface area contributed by atoms with Gasteiger partial charge in [0, 0.05) is 17.5 Å². The number of amides is 1. The van der Waals surface area contributed by atoms with E-state index in [1.165, 1.54) is 16.9 Å². The number of hydrogen-bond donors (Lipinski definition) is 1. The van der Waals surface area contributed by atoms with Gasteiger partial charge in [0.2, 0.25) is 0 Å². The molecule has 1 aromatic carbocycles. The van der Waals surface area contributed by atoms with Gasteiger partial charge in [-0.3, -0.25) is 4.79 Å². The first kappa shape index (κ1) is 13.8. The average Bonchev–Trinajstić information content (AvgIpc) is 2.93. The molecule has 4 heteroatoms. The minimum atomic E-state index is -0.0102. The Morgan fingerprint density at radius 2 is 2.00 bits per heavy atom. The number of nitrogens with one attached hydrogen (secondary N) is 1. The second kappa shape index (κ2) is 6.50. The third-order valence-corrected chi connectivity index (χ3v) is 3.73. The molecule has 100 valence electrons. The molecular formula is C15H18N2OS. The summed E-state index contributed by atoms with van der Waals surface area (Å²) in [5, 5.41) is 6.77. The van der Waals surface area contributed by atoms with E-state index in [9.17, 15) is 4.79 Å². The van der Waals surface area contributed by atoms with E-state index in [-0.39, 0.29) is 11.9 Å². The van der Waals surface area contributed by atoms with E-state index in [4.69, 9.17) is 0 Å². The number of carbonyl (C=O) groups excluding carboxylic acids is 1. The van der Waals surface area contributed by atoms with Gasteiger partial charge in [-0.1, -0.05) is 30.3 Å². The lowest BCUT2D eigenvalue weighted by Gasteiger charge is -2.25. The smallest absolute Gasteiger partial charge is 0.252 e. The molecule has 3 nitrogen and oxygen atoms in total. The number of rotatable bonds is 5. The van der Waals surface area contributed by atoms with Crippen molar-refractivity contribution in [3.8, 4) is 0 Å². The van der Waals surface area contributed by atoms with Crippen molar-refractivity contribution in [3.05, 3.63) is 58.3 Å². The van der Waals surface area contributed by atoms with Crippen LogP contribution < -0.4 is 5.32 Å². The lowest BCUT2D eigenvalue weighted by molar-refractivity contribution is 0.0942. The Hall–Kier alpha value is -1.65. The summed E-state index contributed by atoms with van der Waals surface area (Å²) in [5.41, 5.74) is 1.94. The Morgan fingerprint density at radius 3 is 2.58 bits per heavy atom. The van der Waals surface area contributed by atoms with Crippen molar-refractivity contribution in [1.29, 1.82) is 0 Å². The van der Waals surface area contributed by atoms with Crippen LogP contribution in [-0.4, -0.2) is 31.4 Å². The van der Waals surface area contributed by atoms with Crippen LogP contribution in [0.1, 0.15) is 22.0 Å². The van der Waals surface area contributed by atoms with E-state index in [1.807, 2.05) is 49.1 Å². The zero-order valence-corrected chi connectivity index (χ0v) is 12.0. The van der Waals surface area contributed by atoms with E-state index in [2.05, 4.69) is 22.3 Å². The molecule has 0 spiro atoms. The van der Waals surface area contributed by atoms with Gasteiger partial charge < -0.3 is 10.2 Å². The molecule has 1 amide bonds. The van der Waals surface area contributed by atoms with E-state index in [0.717, 1.165) is 5.56 Å². The molecule has 1 heterocycles. The molecule has 2 rings (SSSR count). The van der Waals surface area contributed by atoms with Crippen LogP contribution in [0.25, 0.3) is 0 Å². The zero-order valence-electron chi connectivity index (χ0n) is 11.2. The van der Waals surface area contributed by atoms with Gasteiger partial charge in [-0.25, -0.2) is 0 Å². The Morgan fingerprint density at radius 1 is 1.26 bits per heavy atom. The number of likely N-dealkylation sites (N-methyl/N-ethyl adjacent to an activating group) is 1. The molecule has 1 atom stereocenters. The van der Waals surface area contributed by atoms with Gasteiger partial charge >= 0.3 is 0 Å². The molecule has 1 aromatic heterocycles. The van der Waals surface area contributed by atoms with Crippen molar-refractivity contribution >= 4 is 17.2 Å². The maximum absolute atomic E-state index is 11.9. The first-order chi connectivity index (χ1) is 9.18. The maximum Gasteiger partial charge on any atom is 0.252 e. The number of thiophene rings is 1. The molecule has 0 unspecified atom stereocenters. The Labute approximate surface area is 117 Å². The second-order valence-electron chi connectivity index (χ2n) is 4.61. The number of carbonyl (C=O) groups is 1. The Bertz CT molecular complexity index is 508. The van der Waals surface area contributed by atoms with Gasteiger partial charge in [0.05, 0.1) is 6.04 Å². The van der Waals surface area contributed by atoms with Gasteiger partial charge in [0.25, 0.3) is 5.91 Å². The highest BCUT2D eigenvalue weighted by Gasteiger charge is 2.15. The fraction of sp³-hybridized carbons (Fsp3) is 0.267. The molecule has 0 fully saturated rings. The summed E-state index contributed by atoms with van der Waals surface area (Å²) in [5.74, 6) is -0.0102.